The quantitative estimate of drug-likeness (QED) is 0.898. The molecule has 116 valence electrons. The van der Waals surface area contributed by atoms with Gasteiger partial charge >= 0.3 is 0 Å². The molecule has 1 amide bonds. The van der Waals surface area contributed by atoms with Crippen molar-refractivity contribution >= 4 is 11.6 Å². The number of imidazole rings is 1. The predicted octanol–water partition coefficient (Wildman–Crippen LogP) is 1.57. The normalized spacial score (nSPS) is 17.1. The van der Waals surface area contributed by atoms with Gasteiger partial charge in [0, 0.05) is 43.5 Å². The van der Waals surface area contributed by atoms with Gasteiger partial charge in [-0.2, -0.15) is 0 Å². The number of amides is 1. The van der Waals surface area contributed by atoms with Crippen molar-refractivity contribution in [2.24, 2.45) is 11.1 Å². The minimum Gasteiger partial charge on any atom is -0.381 e. The second-order valence-corrected chi connectivity index (χ2v) is 5.57. The highest BCUT2D eigenvalue weighted by Gasteiger charge is 2.38. The number of hydrogen-bond acceptors (Lipinski definition) is 4. The molecule has 1 aliphatic heterocycles. The van der Waals surface area contributed by atoms with Gasteiger partial charge in [-0.05, 0) is 37.1 Å². The molecule has 6 nitrogen and oxygen atoms in total. The van der Waals surface area contributed by atoms with E-state index in [1.54, 1.807) is 12.5 Å². The van der Waals surface area contributed by atoms with Crippen LogP contribution in [0.3, 0.4) is 0 Å². The van der Waals surface area contributed by atoms with Crippen LogP contribution in [0.1, 0.15) is 12.8 Å². The van der Waals surface area contributed by atoms with Crippen LogP contribution in [0.25, 0.3) is 5.69 Å². The standard InChI is InChI=1S/C16H20N4O2/c17-11-16(5-9-22-10-6-16)15(21)19-13-1-3-14(4-2-13)20-8-7-18-12-20/h1-4,7-8,12H,5-6,9-11,17H2,(H,19,21). The van der Waals surface area contributed by atoms with Crippen LogP contribution >= 0.6 is 0 Å². The zero-order valence-corrected chi connectivity index (χ0v) is 12.4. The maximum atomic E-state index is 12.6. The van der Waals surface area contributed by atoms with Gasteiger partial charge in [-0.25, -0.2) is 4.98 Å². The van der Waals surface area contributed by atoms with Gasteiger partial charge in [0.15, 0.2) is 0 Å². The van der Waals surface area contributed by atoms with Crippen molar-refractivity contribution in [3.63, 3.8) is 0 Å². The Labute approximate surface area is 129 Å². The summed E-state index contributed by atoms with van der Waals surface area (Å²) in [5.74, 6) is -0.0197. The van der Waals surface area contributed by atoms with Gasteiger partial charge in [0.2, 0.25) is 5.91 Å². The van der Waals surface area contributed by atoms with Crippen LogP contribution in [0.4, 0.5) is 5.69 Å². The molecule has 3 rings (SSSR count). The molecule has 0 radical (unpaired) electrons. The van der Waals surface area contributed by atoms with Crippen LogP contribution in [-0.2, 0) is 9.53 Å². The van der Waals surface area contributed by atoms with Crippen LogP contribution in [0.5, 0.6) is 0 Å². The molecular weight excluding hydrogens is 280 g/mol. The third-order valence-corrected chi connectivity index (χ3v) is 4.25. The van der Waals surface area contributed by atoms with Crippen LogP contribution in [0, 0.1) is 5.41 Å². The Kier molecular flexibility index (Phi) is 4.22. The summed E-state index contributed by atoms with van der Waals surface area (Å²) in [6, 6.07) is 7.65. The summed E-state index contributed by atoms with van der Waals surface area (Å²) in [5, 5.41) is 2.98. The van der Waals surface area contributed by atoms with E-state index in [-0.39, 0.29) is 5.91 Å². The van der Waals surface area contributed by atoms with E-state index < -0.39 is 5.41 Å². The van der Waals surface area contributed by atoms with Gasteiger partial charge in [0.25, 0.3) is 0 Å². The van der Waals surface area contributed by atoms with Crippen molar-refractivity contribution in [3.05, 3.63) is 43.0 Å². The largest absolute Gasteiger partial charge is 0.381 e. The zero-order valence-electron chi connectivity index (χ0n) is 12.4. The minimum atomic E-state index is -0.513. The number of carbonyl (C=O) groups is 1. The first-order valence-electron chi connectivity index (χ1n) is 7.41. The summed E-state index contributed by atoms with van der Waals surface area (Å²) in [4.78, 5) is 16.6. The first-order valence-corrected chi connectivity index (χ1v) is 7.41. The lowest BCUT2D eigenvalue weighted by Crippen LogP contribution is -2.46. The molecule has 1 aromatic heterocycles. The fourth-order valence-electron chi connectivity index (χ4n) is 2.68. The van der Waals surface area contributed by atoms with E-state index in [2.05, 4.69) is 10.3 Å². The lowest BCUT2D eigenvalue weighted by atomic mass is 9.79. The highest BCUT2D eigenvalue weighted by atomic mass is 16.5. The topological polar surface area (TPSA) is 82.2 Å². The highest BCUT2D eigenvalue weighted by Crippen LogP contribution is 2.31. The molecule has 22 heavy (non-hydrogen) atoms. The molecule has 0 spiro atoms. The third-order valence-electron chi connectivity index (χ3n) is 4.25. The summed E-state index contributed by atoms with van der Waals surface area (Å²) < 4.78 is 7.25. The van der Waals surface area contributed by atoms with Gasteiger partial charge in [0.1, 0.15) is 0 Å². The van der Waals surface area contributed by atoms with Gasteiger partial charge in [-0.15, -0.1) is 0 Å². The number of nitrogens with one attached hydrogen (secondary N) is 1. The number of anilines is 1. The smallest absolute Gasteiger partial charge is 0.232 e. The summed E-state index contributed by atoms with van der Waals surface area (Å²) in [5.41, 5.74) is 7.11. The van der Waals surface area contributed by atoms with Crippen molar-refractivity contribution in [1.82, 2.24) is 9.55 Å². The second-order valence-electron chi connectivity index (χ2n) is 5.57. The van der Waals surface area contributed by atoms with Crippen molar-refractivity contribution in [3.8, 4) is 5.69 Å². The van der Waals surface area contributed by atoms with Crippen molar-refractivity contribution in [2.45, 2.75) is 12.8 Å². The van der Waals surface area contributed by atoms with Crippen LogP contribution in [0.2, 0.25) is 0 Å². The number of ether oxygens (including phenoxy) is 1. The Balaban J connectivity index is 1.71. The molecule has 2 aromatic rings. The number of nitrogens with two attached hydrogens (primary N) is 1. The summed E-state index contributed by atoms with van der Waals surface area (Å²) in [6.07, 6.45) is 6.68. The van der Waals surface area contributed by atoms with Crippen molar-refractivity contribution in [2.75, 3.05) is 25.1 Å². The maximum absolute atomic E-state index is 12.6. The molecule has 2 heterocycles. The molecular formula is C16H20N4O2. The van der Waals surface area contributed by atoms with Crippen LogP contribution < -0.4 is 11.1 Å². The summed E-state index contributed by atoms with van der Waals surface area (Å²) in [7, 11) is 0. The van der Waals surface area contributed by atoms with E-state index >= 15 is 0 Å². The molecule has 0 aliphatic carbocycles. The minimum absolute atomic E-state index is 0.0197. The fraction of sp³-hybridized carbons (Fsp3) is 0.375. The van der Waals surface area contributed by atoms with Crippen molar-refractivity contribution < 1.29 is 9.53 Å². The molecule has 0 unspecified atom stereocenters. The molecule has 1 saturated heterocycles. The zero-order chi connectivity index (χ0) is 15.4. The van der Waals surface area contributed by atoms with Gasteiger partial charge in [-0.1, -0.05) is 0 Å². The molecule has 0 bridgehead atoms. The molecule has 1 aliphatic rings. The van der Waals surface area contributed by atoms with Gasteiger partial charge in [0.05, 0.1) is 11.7 Å². The van der Waals surface area contributed by atoms with E-state index in [4.69, 9.17) is 10.5 Å². The summed E-state index contributed by atoms with van der Waals surface area (Å²) in [6.45, 7) is 1.52. The first kappa shape index (κ1) is 14.7. The Morgan fingerprint density at radius 2 is 2.05 bits per heavy atom. The average molecular weight is 300 g/mol. The molecule has 0 saturated carbocycles. The number of hydrogen-bond donors (Lipinski definition) is 2. The molecule has 3 N–H and O–H groups in total. The Bertz CT molecular complexity index is 616. The van der Waals surface area contributed by atoms with Crippen LogP contribution in [-0.4, -0.2) is 35.2 Å². The van der Waals surface area contributed by atoms with E-state index in [9.17, 15) is 4.79 Å². The highest BCUT2D eigenvalue weighted by molar-refractivity contribution is 5.95. The van der Waals surface area contributed by atoms with E-state index in [1.165, 1.54) is 0 Å². The first-order chi connectivity index (χ1) is 10.7. The van der Waals surface area contributed by atoms with Crippen molar-refractivity contribution in [1.29, 1.82) is 0 Å². The lowest BCUT2D eigenvalue weighted by molar-refractivity contribution is -0.130. The third kappa shape index (κ3) is 2.88. The molecule has 0 atom stereocenters. The Morgan fingerprint density at radius 3 is 2.64 bits per heavy atom. The summed E-state index contributed by atoms with van der Waals surface area (Å²) >= 11 is 0. The number of nitrogens with zero attached hydrogens (tertiary/aromatic N) is 2. The number of carbonyl (C=O) groups excluding carboxylic acids is 1. The SMILES string of the molecule is NCC1(C(=O)Nc2ccc(-n3ccnc3)cc2)CCOCC1. The number of rotatable bonds is 4. The van der Waals surface area contributed by atoms with E-state index in [1.807, 2.05) is 35.0 Å². The number of benzene rings is 1. The number of aromatic nitrogens is 2. The Morgan fingerprint density at radius 1 is 1.32 bits per heavy atom. The maximum Gasteiger partial charge on any atom is 0.232 e. The Hall–Kier alpha value is -2.18. The molecule has 1 fully saturated rings. The van der Waals surface area contributed by atoms with E-state index in [0.717, 1.165) is 11.4 Å². The van der Waals surface area contributed by atoms with Gasteiger partial charge in [-0.3, -0.25) is 4.79 Å². The predicted molar refractivity (Wildman–Crippen MR) is 83.7 cm³/mol. The monoisotopic (exact) mass is 300 g/mol. The van der Waals surface area contributed by atoms with E-state index in [0.29, 0.717) is 32.6 Å². The average Bonchev–Trinajstić information content (AvgIpc) is 3.10. The lowest BCUT2D eigenvalue weighted by Gasteiger charge is -2.34. The second kappa shape index (κ2) is 6.29. The molecule has 1 aromatic carbocycles. The fourth-order valence-corrected chi connectivity index (χ4v) is 2.68. The van der Waals surface area contributed by atoms with Gasteiger partial charge < -0.3 is 20.4 Å². The molecule has 6 heteroatoms. The van der Waals surface area contributed by atoms with Crippen LogP contribution in [0.15, 0.2) is 43.0 Å².